The van der Waals surface area contributed by atoms with E-state index in [1.165, 1.54) is 28.2 Å². The highest BCUT2D eigenvalue weighted by atomic mass is 16.5. The average Bonchev–Trinajstić information content (AvgIpc) is 2.82. The fraction of sp³-hybridized carbons (Fsp3) is 0.333. The lowest BCUT2D eigenvalue weighted by molar-refractivity contribution is -0.0456. The highest BCUT2D eigenvalue weighted by Gasteiger charge is 2.24. The summed E-state index contributed by atoms with van der Waals surface area (Å²) in [6, 6.07) is 17.3. The Morgan fingerprint density at radius 3 is 2.15 bits per heavy atom. The number of benzene rings is 2. The van der Waals surface area contributed by atoms with Crippen LogP contribution in [0.4, 0.5) is 0 Å². The van der Waals surface area contributed by atoms with Crippen LogP contribution in [-0.2, 0) is 4.74 Å². The number of ether oxygens (including phenoxy) is 1. The molecule has 2 nitrogen and oxygen atoms in total. The lowest BCUT2D eigenvalue weighted by Crippen LogP contribution is -2.22. The second-order valence-electron chi connectivity index (χ2n) is 5.86. The van der Waals surface area contributed by atoms with Gasteiger partial charge >= 0.3 is 0 Å². The number of para-hydroxylation sites is 2. The summed E-state index contributed by atoms with van der Waals surface area (Å²) in [7, 11) is 0. The summed E-state index contributed by atoms with van der Waals surface area (Å²) in [5, 5.41) is 2.65. The summed E-state index contributed by atoms with van der Waals surface area (Å²) in [5.74, 6) is 0.730. The van der Waals surface area contributed by atoms with Crippen molar-refractivity contribution in [2.24, 2.45) is 5.92 Å². The molecule has 4 rings (SSSR count). The molecule has 1 aromatic heterocycles. The van der Waals surface area contributed by atoms with E-state index in [1.807, 2.05) is 0 Å². The highest BCUT2D eigenvalue weighted by Crippen LogP contribution is 2.36. The minimum Gasteiger partial charge on any atom is -0.358 e. The van der Waals surface area contributed by atoms with Crippen molar-refractivity contribution in [2.45, 2.75) is 26.0 Å². The molecule has 1 fully saturated rings. The van der Waals surface area contributed by atoms with Gasteiger partial charge in [-0.3, -0.25) is 0 Å². The zero-order valence-electron chi connectivity index (χ0n) is 11.8. The van der Waals surface area contributed by atoms with E-state index in [9.17, 15) is 0 Å². The van der Waals surface area contributed by atoms with Crippen molar-refractivity contribution in [3.63, 3.8) is 0 Å². The summed E-state index contributed by atoms with van der Waals surface area (Å²) >= 11 is 0. The Kier molecular flexibility index (Phi) is 2.78. The molecule has 2 heteroatoms. The van der Waals surface area contributed by atoms with Gasteiger partial charge in [0.15, 0.2) is 0 Å². The Morgan fingerprint density at radius 1 is 0.950 bits per heavy atom. The quantitative estimate of drug-likeness (QED) is 0.620. The van der Waals surface area contributed by atoms with Crippen molar-refractivity contribution in [3.8, 4) is 0 Å². The number of rotatable bonds is 1. The van der Waals surface area contributed by atoms with E-state index in [2.05, 4.69) is 60.0 Å². The van der Waals surface area contributed by atoms with Gasteiger partial charge in [-0.05, 0) is 30.9 Å². The summed E-state index contributed by atoms with van der Waals surface area (Å²) in [4.78, 5) is 0. The Morgan fingerprint density at radius 2 is 1.55 bits per heavy atom. The molecule has 0 bridgehead atoms. The van der Waals surface area contributed by atoms with Gasteiger partial charge in [0.25, 0.3) is 0 Å². The molecule has 2 heterocycles. The van der Waals surface area contributed by atoms with Crippen LogP contribution in [0.1, 0.15) is 26.0 Å². The van der Waals surface area contributed by atoms with Crippen LogP contribution in [-0.4, -0.2) is 11.2 Å². The van der Waals surface area contributed by atoms with Crippen LogP contribution in [0, 0.1) is 5.92 Å². The first-order valence-electron chi connectivity index (χ1n) is 7.44. The normalized spacial score (nSPS) is 23.4. The van der Waals surface area contributed by atoms with Gasteiger partial charge < -0.3 is 9.30 Å². The standard InChI is InChI=1S/C18H19NO/c1-13-10-11-20-18(12-13)19-16-8-4-2-6-14(16)15-7-3-5-9-17(15)19/h2-9,13,18H,10-12H2,1H3. The monoisotopic (exact) mass is 265 g/mol. The highest BCUT2D eigenvalue weighted by molar-refractivity contribution is 6.08. The zero-order chi connectivity index (χ0) is 13.5. The molecule has 102 valence electrons. The summed E-state index contributed by atoms with van der Waals surface area (Å²) in [6.07, 6.45) is 2.44. The number of fused-ring (bicyclic) bond motifs is 3. The molecule has 2 atom stereocenters. The van der Waals surface area contributed by atoms with E-state index in [0.717, 1.165) is 18.9 Å². The van der Waals surface area contributed by atoms with E-state index >= 15 is 0 Å². The van der Waals surface area contributed by atoms with Crippen LogP contribution < -0.4 is 0 Å². The van der Waals surface area contributed by atoms with Crippen LogP contribution in [0.25, 0.3) is 21.8 Å². The zero-order valence-corrected chi connectivity index (χ0v) is 11.8. The average molecular weight is 265 g/mol. The van der Waals surface area contributed by atoms with Gasteiger partial charge in [-0.15, -0.1) is 0 Å². The third-order valence-electron chi connectivity index (χ3n) is 4.43. The van der Waals surface area contributed by atoms with Crippen molar-refractivity contribution in [2.75, 3.05) is 6.61 Å². The molecule has 20 heavy (non-hydrogen) atoms. The Labute approximate surface area is 119 Å². The number of hydrogen-bond acceptors (Lipinski definition) is 1. The number of aromatic nitrogens is 1. The molecule has 0 radical (unpaired) electrons. The molecule has 1 aliphatic rings. The minimum absolute atomic E-state index is 0.170. The van der Waals surface area contributed by atoms with Crippen LogP contribution in [0.5, 0.6) is 0 Å². The molecule has 1 aliphatic heterocycles. The van der Waals surface area contributed by atoms with Gasteiger partial charge in [-0.2, -0.15) is 0 Å². The van der Waals surface area contributed by atoms with Crippen LogP contribution in [0.15, 0.2) is 48.5 Å². The largest absolute Gasteiger partial charge is 0.358 e. The van der Waals surface area contributed by atoms with Crippen molar-refractivity contribution >= 4 is 21.8 Å². The fourth-order valence-electron chi connectivity index (χ4n) is 3.38. The summed E-state index contributed by atoms with van der Waals surface area (Å²) < 4.78 is 8.46. The second kappa shape index (κ2) is 4.64. The molecule has 2 aromatic carbocycles. The van der Waals surface area contributed by atoms with Crippen molar-refractivity contribution < 1.29 is 4.74 Å². The second-order valence-corrected chi connectivity index (χ2v) is 5.86. The molecule has 0 spiro atoms. The molecule has 0 aliphatic carbocycles. The molecule has 1 saturated heterocycles. The topological polar surface area (TPSA) is 14.2 Å². The van der Waals surface area contributed by atoms with Crippen LogP contribution in [0.3, 0.4) is 0 Å². The molecule has 0 saturated carbocycles. The predicted molar refractivity (Wildman–Crippen MR) is 82.8 cm³/mol. The Hall–Kier alpha value is -1.80. The van der Waals surface area contributed by atoms with Gasteiger partial charge in [-0.25, -0.2) is 0 Å². The lowest BCUT2D eigenvalue weighted by atomic mass is 10.0. The fourth-order valence-corrected chi connectivity index (χ4v) is 3.38. The third-order valence-corrected chi connectivity index (χ3v) is 4.43. The van der Waals surface area contributed by atoms with E-state index in [4.69, 9.17) is 4.74 Å². The van der Waals surface area contributed by atoms with Gasteiger partial charge in [-0.1, -0.05) is 43.3 Å². The maximum absolute atomic E-state index is 6.07. The molecule has 3 aromatic rings. The van der Waals surface area contributed by atoms with E-state index in [-0.39, 0.29) is 6.23 Å². The van der Waals surface area contributed by atoms with Crippen LogP contribution >= 0.6 is 0 Å². The maximum atomic E-state index is 6.07. The summed E-state index contributed by atoms with van der Waals surface area (Å²) in [5.41, 5.74) is 2.57. The summed E-state index contributed by atoms with van der Waals surface area (Å²) in [6.45, 7) is 3.19. The molecule has 0 amide bonds. The minimum atomic E-state index is 0.170. The smallest absolute Gasteiger partial charge is 0.134 e. The first-order valence-corrected chi connectivity index (χ1v) is 7.44. The van der Waals surface area contributed by atoms with E-state index < -0.39 is 0 Å². The van der Waals surface area contributed by atoms with Gasteiger partial charge in [0, 0.05) is 17.4 Å². The predicted octanol–water partition coefficient (Wildman–Crippen LogP) is 4.74. The first kappa shape index (κ1) is 12.0. The molecular formula is C18H19NO. The Bertz CT molecular complexity index is 705. The number of hydrogen-bond donors (Lipinski definition) is 0. The maximum Gasteiger partial charge on any atom is 0.134 e. The van der Waals surface area contributed by atoms with E-state index in [0.29, 0.717) is 0 Å². The van der Waals surface area contributed by atoms with Crippen molar-refractivity contribution in [1.82, 2.24) is 4.57 Å². The first-order chi connectivity index (χ1) is 9.84. The lowest BCUT2D eigenvalue weighted by Gasteiger charge is -2.29. The van der Waals surface area contributed by atoms with Gasteiger partial charge in [0.2, 0.25) is 0 Å². The molecular weight excluding hydrogens is 246 g/mol. The van der Waals surface area contributed by atoms with Gasteiger partial charge in [0.05, 0.1) is 11.0 Å². The number of nitrogens with zero attached hydrogens (tertiary/aromatic N) is 1. The van der Waals surface area contributed by atoms with E-state index in [1.54, 1.807) is 0 Å². The van der Waals surface area contributed by atoms with Gasteiger partial charge in [0.1, 0.15) is 6.23 Å². The molecule has 2 unspecified atom stereocenters. The molecule has 0 N–H and O–H groups in total. The van der Waals surface area contributed by atoms with Crippen LogP contribution in [0.2, 0.25) is 0 Å². The Balaban J connectivity index is 2.00. The van der Waals surface area contributed by atoms with Crippen molar-refractivity contribution in [1.29, 1.82) is 0 Å². The SMILES string of the molecule is CC1CCOC(n2c3ccccc3c3ccccc32)C1. The van der Waals surface area contributed by atoms with Crippen molar-refractivity contribution in [3.05, 3.63) is 48.5 Å². The third kappa shape index (κ3) is 1.75.